The fourth-order valence-corrected chi connectivity index (χ4v) is 2.07. The summed E-state index contributed by atoms with van der Waals surface area (Å²) in [7, 11) is 1.62. The number of pyridine rings is 1. The molecule has 0 radical (unpaired) electrons. The molecule has 0 saturated carbocycles. The van der Waals surface area contributed by atoms with Crippen LogP contribution in [0.15, 0.2) is 23.1 Å². The molecule has 17 heavy (non-hydrogen) atoms. The topological polar surface area (TPSA) is 62.5 Å². The van der Waals surface area contributed by atoms with Crippen molar-refractivity contribution in [3.8, 4) is 0 Å². The maximum absolute atomic E-state index is 12.1. The van der Waals surface area contributed by atoms with Gasteiger partial charge in [0.05, 0.1) is 6.10 Å². The third-order valence-corrected chi connectivity index (χ3v) is 3.04. The van der Waals surface area contributed by atoms with Crippen LogP contribution in [0.5, 0.6) is 0 Å². The van der Waals surface area contributed by atoms with E-state index >= 15 is 0 Å². The van der Waals surface area contributed by atoms with E-state index in [1.807, 2.05) is 0 Å². The van der Waals surface area contributed by atoms with E-state index in [9.17, 15) is 14.7 Å². The first kappa shape index (κ1) is 11.9. The maximum atomic E-state index is 12.1. The van der Waals surface area contributed by atoms with Crippen LogP contribution in [0.3, 0.4) is 0 Å². The van der Waals surface area contributed by atoms with E-state index in [4.69, 9.17) is 0 Å². The fraction of sp³-hybridized carbons (Fsp3) is 0.500. The molecule has 5 nitrogen and oxygen atoms in total. The van der Waals surface area contributed by atoms with Crippen LogP contribution in [0, 0.1) is 0 Å². The molecule has 0 aromatic carbocycles. The lowest BCUT2D eigenvalue weighted by Gasteiger charge is -2.29. The largest absolute Gasteiger partial charge is 0.391 e. The van der Waals surface area contributed by atoms with Crippen LogP contribution < -0.4 is 5.56 Å². The van der Waals surface area contributed by atoms with Crippen molar-refractivity contribution in [3.63, 3.8) is 0 Å². The first-order valence-corrected chi connectivity index (χ1v) is 5.72. The molecule has 0 spiro atoms. The fourth-order valence-electron chi connectivity index (χ4n) is 2.07. The van der Waals surface area contributed by atoms with Gasteiger partial charge in [-0.15, -0.1) is 0 Å². The van der Waals surface area contributed by atoms with E-state index in [-0.39, 0.29) is 17.0 Å². The van der Waals surface area contributed by atoms with E-state index < -0.39 is 6.10 Å². The summed E-state index contributed by atoms with van der Waals surface area (Å²) in [6, 6.07) is 3.21. The van der Waals surface area contributed by atoms with Gasteiger partial charge in [-0.2, -0.15) is 0 Å². The monoisotopic (exact) mass is 236 g/mol. The van der Waals surface area contributed by atoms with Crippen molar-refractivity contribution in [2.75, 3.05) is 13.1 Å². The van der Waals surface area contributed by atoms with Crippen LogP contribution in [0.1, 0.15) is 23.2 Å². The highest BCUT2D eigenvalue weighted by Crippen LogP contribution is 2.12. The number of aryl methyl sites for hydroxylation is 1. The summed E-state index contributed by atoms with van der Waals surface area (Å²) in [6.07, 6.45) is 2.64. The van der Waals surface area contributed by atoms with Crippen molar-refractivity contribution in [3.05, 3.63) is 34.2 Å². The average molecular weight is 236 g/mol. The van der Waals surface area contributed by atoms with Crippen LogP contribution in [0.4, 0.5) is 0 Å². The van der Waals surface area contributed by atoms with Crippen molar-refractivity contribution in [1.82, 2.24) is 9.47 Å². The number of amides is 1. The third kappa shape index (κ3) is 2.39. The van der Waals surface area contributed by atoms with Crippen LogP contribution in [-0.4, -0.2) is 39.7 Å². The number of nitrogens with zero attached hydrogens (tertiary/aromatic N) is 2. The first-order valence-electron chi connectivity index (χ1n) is 5.72. The van der Waals surface area contributed by atoms with Crippen molar-refractivity contribution in [2.45, 2.75) is 18.9 Å². The highest BCUT2D eigenvalue weighted by molar-refractivity contribution is 5.93. The normalized spacial score (nSPS) is 20.4. The van der Waals surface area contributed by atoms with E-state index in [2.05, 4.69) is 0 Å². The summed E-state index contributed by atoms with van der Waals surface area (Å²) < 4.78 is 1.38. The molecule has 0 aliphatic carbocycles. The van der Waals surface area contributed by atoms with Crippen LogP contribution in [0.25, 0.3) is 0 Å². The standard InChI is InChI=1S/C12H16N2O3/c1-13-6-3-5-10(11(13)16)12(17)14-7-2-4-9(15)8-14/h3,5-6,9,15H,2,4,7-8H2,1H3. The number of likely N-dealkylation sites (tertiary alicyclic amines) is 1. The van der Waals surface area contributed by atoms with Crippen LogP contribution in [0.2, 0.25) is 0 Å². The lowest BCUT2D eigenvalue weighted by atomic mass is 10.1. The third-order valence-electron chi connectivity index (χ3n) is 3.04. The smallest absolute Gasteiger partial charge is 0.263 e. The predicted octanol–water partition coefficient (Wildman–Crippen LogP) is -0.0178. The molecular formula is C12H16N2O3. The minimum atomic E-state index is -0.472. The zero-order chi connectivity index (χ0) is 12.4. The quantitative estimate of drug-likeness (QED) is 0.745. The van der Waals surface area contributed by atoms with Gasteiger partial charge in [-0.3, -0.25) is 9.59 Å². The predicted molar refractivity (Wildman–Crippen MR) is 62.8 cm³/mol. The number of hydrogen-bond donors (Lipinski definition) is 1. The zero-order valence-electron chi connectivity index (χ0n) is 9.80. The molecule has 0 bridgehead atoms. The lowest BCUT2D eigenvalue weighted by molar-refractivity contribution is 0.0472. The van der Waals surface area contributed by atoms with Gasteiger partial charge >= 0.3 is 0 Å². The first-order chi connectivity index (χ1) is 8.09. The second-order valence-corrected chi connectivity index (χ2v) is 4.39. The summed E-state index contributed by atoms with van der Waals surface area (Å²) in [4.78, 5) is 25.5. The van der Waals surface area contributed by atoms with Gasteiger partial charge in [0.25, 0.3) is 11.5 Å². The molecule has 1 aliphatic heterocycles. The number of aromatic nitrogens is 1. The SMILES string of the molecule is Cn1cccc(C(=O)N2CCCC(O)C2)c1=O. The Hall–Kier alpha value is -1.62. The molecule has 1 fully saturated rings. The van der Waals surface area contributed by atoms with Gasteiger partial charge in [-0.1, -0.05) is 0 Å². The summed E-state index contributed by atoms with van der Waals surface area (Å²) in [5.74, 6) is -0.287. The second-order valence-electron chi connectivity index (χ2n) is 4.39. The molecule has 5 heteroatoms. The molecule has 2 rings (SSSR count). The average Bonchev–Trinajstić information content (AvgIpc) is 2.32. The summed E-state index contributed by atoms with van der Waals surface area (Å²) in [6.45, 7) is 0.921. The Morgan fingerprint density at radius 3 is 3.00 bits per heavy atom. The molecule has 1 atom stereocenters. The maximum Gasteiger partial charge on any atom is 0.263 e. The molecule has 1 aromatic rings. The lowest BCUT2D eigenvalue weighted by Crippen LogP contribution is -2.44. The Kier molecular flexibility index (Phi) is 3.28. The highest BCUT2D eigenvalue weighted by atomic mass is 16.3. The Bertz CT molecular complexity index is 481. The Balaban J connectivity index is 2.25. The van der Waals surface area contributed by atoms with Gasteiger partial charge < -0.3 is 14.6 Å². The van der Waals surface area contributed by atoms with E-state index in [1.54, 1.807) is 24.2 Å². The molecule has 1 unspecified atom stereocenters. The van der Waals surface area contributed by atoms with Gasteiger partial charge in [0.2, 0.25) is 0 Å². The number of rotatable bonds is 1. The number of piperidine rings is 1. The van der Waals surface area contributed by atoms with Gasteiger partial charge in [0, 0.05) is 26.3 Å². The molecular weight excluding hydrogens is 220 g/mol. The molecule has 1 aliphatic rings. The van der Waals surface area contributed by atoms with Crippen molar-refractivity contribution in [2.24, 2.45) is 7.05 Å². The van der Waals surface area contributed by atoms with E-state index in [0.29, 0.717) is 13.1 Å². The molecule has 1 N–H and O–H groups in total. The summed E-state index contributed by atoms with van der Waals surface area (Å²) in [5.41, 5.74) is -0.123. The van der Waals surface area contributed by atoms with Gasteiger partial charge in [0.1, 0.15) is 5.56 Å². The molecule has 92 valence electrons. The van der Waals surface area contributed by atoms with E-state index in [1.165, 1.54) is 10.6 Å². The Morgan fingerprint density at radius 1 is 1.53 bits per heavy atom. The van der Waals surface area contributed by atoms with Crippen LogP contribution >= 0.6 is 0 Å². The van der Waals surface area contributed by atoms with Gasteiger partial charge in [-0.25, -0.2) is 0 Å². The number of carbonyl (C=O) groups excluding carboxylic acids is 1. The Morgan fingerprint density at radius 2 is 2.29 bits per heavy atom. The van der Waals surface area contributed by atoms with Crippen molar-refractivity contribution >= 4 is 5.91 Å². The number of β-amino-alcohol motifs (C(OH)–C–C–N with tert-alkyl or cyclic N) is 1. The zero-order valence-corrected chi connectivity index (χ0v) is 9.80. The minimum Gasteiger partial charge on any atom is -0.391 e. The highest BCUT2D eigenvalue weighted by Gasteiger charge is 2.24. The summed E-state index contributed by atoms with van der Waals surface area (Å²) >= 11 is 0. The Labute approximate surface area is 99.3 Å². The van der Waals surface area contributed by atoms with Gasteiger partial charge in [-0.05, 0) is 25.0 Å². The summed E-state index contributed by atoms with van der Waals surface area (Å²) in [5, 5.41) is 9.52. The number of hydrogen-bond acceptors (Lipinski definition) is 3. The molecule has 1 amide bonds. The van der Waals surface area contributed by atoms with Crippen molar-refractivity contribution in [1.29, 1.82) is 0 Å². The molecule has 1 aromatic heterocycles. The van der Waals surface area contributed by atoms with Crippen LogP contribution in [-0.2, 0) is 7.05 Å². The number of carbonyl (C=O) groups is 1. The molecule has 1 saturated heterocycles. The van der Waals surface area contributed by atoms with Crippen molar-refractivity contribution < 1.29 is 9.90 Å². The van der Waals surface area contributed by atoms with E-state index in [0.717, 1.165) is 12.8 Å². The number of aliphatic hydroxyl groups is 1. The number of aliphatic hydroxyl groups excluding tert-OH is 1. The second kappa shape index (κ2) is 4.71. The van der Waals surface area contributed by atoms with Gasteiger partial charge in [0.15, 0.2) is 0 Å². The molecule has 2 heterocycles. The minimum absolute atomic E-state index is 0.170.